The van der Waals surface area contributed by atoms with Crippen molar-refractivity contribution in [3.63, 3.8) is 0 Å². The van der Waals surface area contributed by atoms with Crippen LogP contribution in [0.15, 0.2) is 30.6 Å². The summed E-state index contributed by atoms with van der Waals surface area (Å²) in [4.78, 5) is 14.6. The van der Waals surface area contributed by atoms with Gasteiger partial charge < -0.3 is 10.3 Å². The predicted molar refractivity (Wildman–Crippen MR) is 67.3 cm³/mol. The third-order valence-electron chi connectivity index (χ3n) is 2.56. The van der Waals surface area contributed by atoms with E-state index in [1.165, 1.54) is 12.1 Å². The quantitative estimate of drug-likeness (QED) is 0.677. The Morgan fingerprint density at radius 3 is 2.94 bits per heavy atom. The Kier molecular flexibility index (Phi) is 3.59. The summed E-state index contributed by atoms with van der Waals surface area (Å²) in [5, 5.41) is 11.4. The van der Waals surface area contributed by atoms with Crippen LogP contribution in [0.3, 0.4) is 0 Å². The minimum Gasteiger partial charge on any atom is -0.329 e. The third kappa shape index (κ3) is 2.49. The van der Waals surface area contributed by atoms with Crippen molar-refractivity contribution in [2.75, 3.05) is 0 Å². The van der Waals surface area contributed by atoms with Gasteiger partial charge in [-0.05, 0) is 12.1 Å². The molecule has 1 aromatic carbocycles. The van der Waals surface area contributed by atoms with E-state index >= 15 is 0 Å². The summed E-state index contributed by atoms with van der Waals surface area (Å²) in [6.45, 7) is 0.602. The standard InChI is InChI=1S/C11H11ClN4O2/c12-9-1-2-10(16(17)18)8(5-9)7-15-4-3-14-11(15)6-13/h1-5H,6-7,13H2. The highest BCUT2D eigenvalue weighted by molar-refractivity contribution is 6.30. The minimum atomic E-state index is -0.426. The average Bonchev–Trinajstić information content (AvgIpc) is 2.76. The summed E-state index contributed by atoms with van der Waals surface area (Å²) in [6, 6.07) is 4.48. The summed E-state index contributed by atoms with van der Waals surface area (Å²) < 4.78 is 1.76. The van der Waals surface area contributed by atoms with E-state index in [2.05, 4.69) is 4.98 Å². The molecule has 0 bridgehead atoms. The van der Waals surface area contributed by atoms with Crippen molar-refractivity contribution in [3.05, 3.63) is 57.1 Å². The third-order valence-corrected chi connectivity index (χ3v) is 2.80. The highest BCUT2D eigenvalue weighted by Crippen LogP contribution is 2.23. The molecule has 0 aliphatic carbocycles. The molecule has 0 spiro atoms. The molecule has 0 radical (unpaired) electrons. The number of rotatable bonds is 4. The van der Waals surface area contributed by atoms with Crippen molar-refractivity contribution in [1.82, 2.24) is 9.55 Å². The molecule has 0 fully saturated rings. The number of nitro benzene ring substituents is 1. The highest BCUT2D eigenvalue weighted by atomic mass is 35.5. The Morgan fingerprint density at radius 2 is 2.28 bits per heavy atom. The van der Waals surface area contributed by atoms with Gasteiger partial charge in [-0.2, -0.15) is 0 Å². The summed E-state index contributed by atoms with van der Waals surface area (Å²) in [5.41, 5.74) is 6.10. The van der Waals surface area contributed by atoms with Crippen LogP contribution in [0.2, 0.25) is 5.02 Å². The van der Waals surface area contributed by atoms with Gasteiger partial charge in [0.2, 0.25) is 0 Å². The Labute approximate surface area is 108 Å². The zero-order valence-electron chi connectivity index (χ0n) is 9.41. The molecule has 0 saturated carbocycles. The smallest absolute Gasteiger partial charge is 0.274 e. The largest absolute Gasteiger partial charge is 0.329 e. The van der Waals surface area contributed by atoms with E-state index in [9.17, 15) is 10.1 Å². The topological polar surface area (TPSA) is 87.0 Å². The lowest BCUT2D eigenvalue weighted by Gasteiger charge is -2.07. The van der Waals surface area contributed by atoms with Crippen LogP contribution < -0.4 is 5.73 Å². The number of imidazole rings is 1. The van der Waals surface area contributed by atoms with Gasteiger partial charge >= 0.3 is 0 Å². The van der Waals surface area contributed by atoms with Gasteiger partial charge in [-0.25, -0.2) is 4.98 Å². The monoisotopic (exact) mass is 266 g/mol. The lowest BCUT2D eigenvalue weighted by molar-refractivity contribution is -0.385. The number of hydrogen-bond donors (Lipinski definition) is 1. The van der Waals surface area contributed by atoms with E-state index in [1.54, 1.807) is 23.0 Å². The molecule has 7 heteroatoms. The first-order valence-electron chi connectivity index (χ1n) is 5.24. The predicted octanol–water partition coefficient (Wildman–Crippen LogP) is 1.95. The Bertz CT molecular complexity index is 582. The Morgan fingerprint density at radius 1 is 1.50 bits per heavy atom. The molecule has 6 nitrogen and oxygen atoms in total. The molecule has 0 atom stereocenters. The molecule has 94 valence electrons. The number of halogens is 1. The second-order valence-corrected chi connectivity index (χ2v) is 4.14. The van der Waals surface area contributed by atoms with Crippen LogP contribution in [0.4, 0.5) is 5.69 Å². The summed E-state index contributed by atoms with van der Waals surface area (Å²) >= 11 is 5.86. The van der Waals surface area contributed by atoms with Gasteiger partial charge in [0.05, 0.1) is 23.6 Å². The van der Waals surface area contributed by atoms with Crippen molar-refractivity contribution in [1.29, 1.82) is 0 Å². The highest BCUT2D eigenvalue weighted by Gasteiger charge is 2.15. The molecule has 0 aliphatic rings. The van der Waals surface area contributed by atoms with Gasteiger partial charge in [-0.3, -0.25) is 10.1 Å². The van der Waals surface area contributed by atoms with Gasteiger partial charge in [-0.1, -0.05) is 11.6 Å². The maximum atomic E-state index is 10.9. The SMILES string of the molecule is NCc1nccn1Cc1cc(Cl)ccc1[N+](=O)[O-]. The molecule has 0 unspecified atom stereocenters. The molecular formula is C11H11ClN4O2. The van der Waals surface area contributed by atoms with Crippen LogP contribution in [0.1, 0.15) is 11.4 Å². The van der Waals surface area contributed by atoms with Crippen molar-refractivity contribution in [3.8, 4) is 0 Å². The van der Waals surface area contributed by atoms with Crippen molar-refractivity contribution in [2.24, 2.45) is 5.73 Å². The summed E-state index contributed by atoms with van der Waals surface area (Å²) in [7, 11) is 0. The van der Waals surface area contributed by atoms with Crippen molar-refractivity contribution in [2.45, 2.75) is 13.1 Å². The van der Waals surface area contributed by atoms with E-state index in [4.69, 9.17) is 17.3 Å². The van der Waals surface area contributed by atoms with E-state index in [1.807, 2.05) is 0 Å². The maximum absolute atomic E-state index is 10.9. The Balaban J connectivity index is 2.39. The maximum Gasteiger partial charge on any atom is 0.274 e. The number of aromatic nitrogens is 2. The first kappa shape index (κ1) is 12.5. The van der Waals surface area contributed by atoms with Crippen LogP contribution in [0, 0.1) is 10.1 Å². The van der Waals surface area contributed by atoms with E-state index in [-0.39, 0.29) is 12.2 Å². The van der Waals surface area contributed by atoms with Gasteiger partial charge in [-0.15, -0.1) is 0 Å². The van der Waals surface area contributed by atoms with E-state index in [0.717, 1.165) is 0 Å². The van der Waals surface area contributed by atoms with Gasteiger partial charge in [0.1, 0.15) is 5.82 Å². The van der Waals surface area contributed by atoms with Crippen LogP contribution in [0.5, 0.6) is 0 Å². The lowest BCUT2D eigenvalue weighted by atomic mass is 10.2. The van der Waals surface area contributed by atoms with Crippen LogP contribution in [-0.4, -0.2) is 14.5 Å². The fourth-order valence-corrected chi connectivity index (χ4v) is 1.91. The fourth-order valence-electron chi connectivity index (χ4n) is 1.72. The number of nitrogens with zero attached hydrogens (tertiary/aromatic N) is 3. The van der Waals surface area contributed by atoms with Gasteiger partial charge in [0, 0.05) is 23.5 Å². The van der Waals surface area contributed by atoms with Crippen LogP contribution >= 0.6 is 11.6 Å². The second-order valence-electron chi connectivity index (χ2n) is 3.71. The molecule has 2 aromatic rings. The molecule has 0 aliphatic heterocycles. The number of hydrogen-bond acceptors (Lipinski definition) is 4. The second kappa shape index (κ2) is 5.16. The summed E-state index contributed by atoms with van der Waals surface area (Å²) in [5.74, 6) is 0.671. The molecule has 1 heterocycles. The van der Waals surface area contributed by atoms with E-state index < -0.39 is 4.92 Å². The zero-order valence-corrected chi connectivity index (χ0v) is 10.2. The number of nitro groups is 1. The van der Waals surface area contributed by atoms with Gasteiger partial charge in [0.15, 0.2) is 0 Å². The average molecular weight is 267 g/mol. The summed E-state index contributed by atoms with van der Waals surface area (Å²) in [6.07, 6.45) is 3.34. The number of nitrogens with two attached hydrogens (primary N) is 1. The lowest BCUT2D eigenvalue weighted by Crippen LogP contribution is -2.10. The fraction of sp³-hybridized carbons (Fsp3) is 0.182. The minimum absolute atomic E-state index is 0.0380. The first-order chi connectivity index (χ1) is 8.61. The van der Waals surface area contributed by atoms with Gasteiger partial charge in [0.25, 0.3) is 5.69 Å². The normalized spacial score (nSPS) is 10.6. The first-order valence-corrected chi connectivity index (χ1v) is 5.62. The molecule has 0 amide bonds. The van der Waals surface area contributed by atoms with Crippen LogP contribution in [0.25, 0.3) is 0 Å². The van der Waals surface area contributed by atoms with Crippen LogP contribution in [-0.2, 0) is 13.1 Å². The Hall–Kier alpha value is -1.92. The molecule has 18 heavy (non-hydrogen) atoms. The van der Waals surface area contributed by atoms with Crippen molar-refractivity contribution < 1.29 is 4.92 Å². The van der Waals surface area contributed by atoms with E-state index in [0.29, 0.717) is 23.0 Å². The zero-order chi connectivity index (χ0) is 13.1. The molecule has 1 aromatic heterocycles. The molecule has 2 rings (SSSR count). The molecule has 0 saturated heterocycles. The molecule has 2 N–H and O–H groups in total. The molecular weight excluding hydrogens is 256 g/mol. The van der Waals surface area contributed by atoms with Crippen molar-refractivity contribution >= 4 is 17.3 Å². The number of benzene rings is 1.